The van der Waals surface area contributed by atoms with E-state index in [-0.39, 0.29) is 17.6 Å². The molecule has 0 saturated carbocycles. The van der Waals surface area contributed by atoms with Crippen molar-refractivity contribution >= 4 is 17.7 Å². The van der Waals surface area contributed by atoms with E-state index in [1.54, 1.807) is 25.5 Å². The van der Waals surface area contributed by atoms with Crippen LogP contribution in [0.3, 0.4) is 0 Å². The molecule has 0 fully saturated rings. The first kappa shape index (κ1) is 13.5. The standard InChI is InChI=1S/C10H14N4O2S/c1-4-16-9(15)5-8-12-13-10(14(8)3)17-7(2)6-11/h7H,4-5H2,1-3H3/t7-/m1/s1. The van der Waals surface area contributed by atoms with Gasteiger partial charge in [0.15, 0.2) is 5.16 Å². The SMILES string of the molecule is CCOC(=O)Cc1nnc(S[C@H](C)C#N)n1C. The van der Waals surface area contributed by atoms with Crippen LogP contribution in [0.2, 0.25) is 0 Å². The first-order valence-electron chi connectivity index (χ1n) is 5.18. The Morgan fingerprint density at radius 1 is 1.65 bits per heavy atom. The molecule has 92 valence electrons. The summed E-state index contributed by atoms with van der Waals surface area (Å²) in [6.45, 7) is 3.89. The Morgan fingerprint density at radius 3 is 2.94 bits per heavy atom. The average Bonchev–Trinajstić information content (AvgIpc) is 2.62. The van der Waals surface area contributed by atoms with Crippen molar-refractivity contribution in [3.8, 4) is 6.07 Å². The van der Waals surface area contributed by atoms with E-state index >= 15 is 0 Å². The van der Waals surface area contributed by atoms with Crippen LogP contribution in [0, 0.1) is 11.3 Å². The largest absolute Gasteiger partial charge is 0.466 e. The fourth-order valence-electron chi connectivity index (χ4n) is 1.13. The maximum atomic E-state index is 11.3. The van der Waals surface area contributed by atoms with Crippen LogP contribution in [0.4, 0.5) is 0 Å². The number of ether oxygens (including phenoxy) is 1. The van der Waals surface area contributed by atoms with Crippen LogP contribution in [-0.4, -0.2) is 32.6 Å². The lowest BCUT2D eigenvalue weighted by Gasteiger charge is -2.04. The minimum atomic E-state index is -0.326. The number of nitriles is 1. The summed E-state index contributed by atoms with van der Waals surface area (Å²) in [6, 6.07) is 2.10. The molecule has 0 saturated heterocycles. The maximum Gasteiger partial charge on any atom is 0.313 e. The van der Waals surface area contributed by atoms with Crippen LogP contribution >= 0.6 is 11.8 Å². The second kappa shape index (κ2) is 6.25. The smallest absolute Gasteiger partial charge is 0.313 e. The number of rotatable bonds is 5. The van der Waals surface area contributed by atoms with Gasteiger partial charge in [0, 0.05) is 7.05 Å². The molecule has 1 atom stereocenters. The highest BCUT2D eigenvalue weighted by Crippen LogP contribution is 2.20. The van der Waals surface area contributed by atoms with Crippen LogP contribution in [0.1, 0.15) is 19.7 Å². The summed E-state index contributed by atoms with van der Waals surface area (Å²) in [5, 5.41) is 17.0. The fourth-order valence-corrected chi connectivity index (χ4v) is 1.85. The summed E-state index contributed by atoms with van der Waals surface area (Å²) in [4.78, 5) is 11.3. The Kier molecular flexibility index (Phi) is 4.97. The van der Waals surface area contributed by atoms with Crippen molar-refractivity contribution in [3.05, 3.63) is 5.82 Å². The summed E-state index contributed by atoms with van der Waals surface area (Å²) in [5.74, 6) is 0.212. The van der Waals surface area contributed by atoms with E-state index in [1.807, 2.05) is 0 Å². The molecule has 7 heteroatoms. The van der Waals surface area contributed by atoms with Gasteiger partial charge in [-0.2, -0.15) is 5.26 Å². The zero-order valence-electron chi connectivity index (χ0n) is 10.0. The summed E-state index contributed by atoms with van der Waals surface area (Å²) in [7, 11) is 1.76. The predicted octanol–water partition coefficient (Wildman–Crippen LogP) is 0.925. The van der Waals surface area contributed by atoms with Crippen molar-refractivity contribution in [3.63, 3.8) is 0 Å². The van der Waals surface area contributed by atoms with Gasteiger partial charge in [-0.25, -0.2) is 0 Å². The van der Waals surface area contributed by atoms with Crippen LogP contribution in [0.25, 0.3) is 0 Å². The van der Waals surface area contributed by atoms with Crippen LogP contribution in [0.5, 0.6) is 0 Å². The monoisotopic (exact) mass is 254 g/mol. The minimum Gasteiger partial charge on any atom is -0.466 e. The Morgan fingerprint density at radius 2 is 2.35 bits per heavy atom. The zero-order chi connectivity index (χ0) is 12.8. The van der Waals surface area contributed by atoms with E-state index in [0.717, 1.165) is 0 Å². The molecule has 0 aromatic carbocycles. The van der Waals surface area contributed by atoms with E-state index < -0.39 is 0 Å². The molecule has 1 heterocycles. The maximum absolute atomic E-state index is 11.3. The molecule has 0 N–H and O–H groups in total. The van der Waals surface area contributed by atoms with Gasteiger partial charge in [0.05, 0.1) is 17.9 Å². The molecule has 1 aromatic heterocycles. The number of hydrogen-bond acceptors (Lipinski definition) is 6. The molecule has 0 aliphatic carbocycles. The lowest BCUT2D eigenvalue weighted by molar-refractivity contribution is -0.142. The van der Waals surface area contributed by atoms with Gasteiger partial charge in [0.2, 0.25) is 0 Å². The van der Waals surface area contributed by atoms with Crippen LogP contribution in [0.15, 0.2) is 5.16 Å². The van der Waals surface area contributed by atoms with Gasteiger partial charge in [-0.05, 0) is 13.8 Å². The first-order valence-corrected chi connectivity index (χ1v) is 6.06. The van der Waals surface area contributed by atoms with E-state index in [0.29, 0.717) is 17.6 Å². The van der Waals surface area contributed by atoms with Gasteiger partial charge in [-0.1, -0.05) is 11.8 Å². The van der Waals surface area contributed by atoms with Gasteiger partial charge < -0.3 is 9.30 Å². The molecule has 17 heavy (non-hydrogen) atoms. The van der Waals surface area contributed by atoms with Crippen LogP contribution in [-0.2, 0) is 23.0 Å². The van der Waals surface area contributed by atoms with E-state index in [1.165, 1.54) is 11.8 Å². The number of esters is 1. The number of hydrogen-bond donors (Lipinski definition) is 0. The van der Waals surface area contributed by atoms with Gasteiger partial charge in [-0.3, -0.25) is 4.79 Å². The molecular weight excluding hydrogens is 240 g/mol. The van der Waals surface area contributed by atoms with Gasteiger partial charge >= 0.3 is 5.97 Å². The normalized spacial score (nSPS) is 11.9. The molecule has 6 nitrogen and oxygen atoms in total. The lowest BCUT2D eigenvalue weighted by Crippen LogP contribution is -2.11. The number of aromatic nitrogens is 3. The number of carbonyl (C=O) groups is 1. The molecule has 0 unspecified atom stereocenters. The molecule has 1 aromatic rings. The summed E-state index contributed by atoms with van der Waals surface area (Å²) in [5.41, 5.74) is 0. The Balaban J connectivity index is 2.71. The number of thioether (sulfide) groups is 1. The topological polar surface area (TPSA) is 80.8 Å². The zero-order valence-corrected chi connectivity index (χ0v) is 10.8. The van der Waals surface area contributed by atoms with E-state index in [9.17, 15) is 4.79 Å². The third kappa shape index (κ3) is 3.75. The first-order chi connectivity index (χ1) is 8.08. The minimum absolute atomic E-state index is 0.0961. The predicted molar refractivity (Wildman–Crippen MR) is 62.3 cm³/mol. The van der Waals surface area contributed by atoms with Gasteiger partial charge in [-0.15, -0.1) is 10.2 Å². The van der Waals surface area contributed by atoms with E-state index in [2.05, 4.69) is 16.3 Å². The summed E-state index contributed by atoms with van der Waals surface area (Å²) >= 11 is 1.31. The van der Waals surface area contributed by atoms with Crippen molar-refractivity contribution in [1.29, 1.82) is 5.26 Å². The van der Waals surface area contributed by atoms with Gasteiger partial charge in [0.1, 0.15) is 12.2 Å². The second-order valence-corrected chi connectivity index (χ2v) is 4.64. The molecule has 1 rings (SSSR count). The van der Waals surface area contributed by atoms with Gasteiger partial charge in [0.25, 0.3) is 0 Å². The third-order valence-electron chi connectivity index (χ3n) is 2.00. The van der Waals surface area contributed by atoms with Crippen molar-refractivity contribution in [2.45, 2.75) is 30.7 Å². The fraction of sp³-hybridized carbons (Fsp3) is 0.600. The second-order valence-electron chi connectivity index (χ2n) is 3.33. The highest BCUT2D eigenvalue weighted by Gasteiger charge is 2.15. The van der Waals surface area contributed by atoms with Crippen molar-refractivity contribution in [1.82, 2.24) is 14.8 Å². The molecule has 0 spiro atoms. The molecule has 0 aliphatic rings. The van der Waals surface area contributed by atoms with Crippen molar-refractivity contribution in [2.24, 2.45) is 7.05 Å². The molecular formula is C10H14N4O2S. The molecule has 0 bridgehead atoms. The van der Waals surface area contributed by atoms with Crippen LogP contribution < -0.4 is 0 Å². The Labute approximate surface area is 104 Å². The highest BCUT2D eigenvalue weighted by atomic mass is 32.2. The Bertz CT molecular complexity index is 438. The number of carbonyl (C=O) groups excluding carboxylic acids is 1. The van der Waals surface area contributed by atoms with Crippen molar-refractivity contribution in [2.75, 3.05) is 6.61 Å². The lowest BCUT2D eigenvalue weighted by atomic mass is 10.4. The Hall–Kier alpha value is -1.55. The highest BCUT2D eigenvalue weighted by molar-refractivity contribution is 8.00. The number of nitrogens with zero attached hydrogens (tertiary/aromatic N) is 4. The van der Waals surface area contributed by atoms with Crippen molar-refractivity contribution < 1.29 is 9.53 Å². The summed E-state index contributed by atoms with van der Waals surface area (Å²) < 4.78 is 6.54. The quantitative estimate of drug-likeness (QED) is 0.574. The molecule has 0 amide bonds. The van der Waals surface area contributed by atoms with E-state index in [4.69, 9.17) is 10.00 Å². The molecule has 0 aliphatic heterocycles. The summed E-state index contributed by atoms with van der Waals surface area (Å²) in [6.07, 6.45) is 0.0961. The third-order valence-corrected chi connectivity index (χ3v) is 3.02. The molecule has 0 radical (unpaired) electrons. The average molecular weight is 254 g/mol.